The number of benzene rings is 1. The minimum absolute atomic E-state index is 0.0902. The molecule has 4 nitrogen and oxygen atoms in total. The van der Waals surface area contributed by atoms with Crippen molar-refractivity contribution in [1.29, 1.82) is 0 Å². The van der Waals surface area contributed by atoms with E-state index in [1.165, 1.54) is 0 Å². The zero-order chi connectivity index (χ0) is 13.4. The van der Waals surface area contributed by atoms with E-state index in [4.69, 9.17) is 5.73 Å². The summed E-state index contributed by atoms with van der Waals surface area (Å²) < 4.78 is 0.870. The van der Waals surface area contributed by atoms with Crippen molar-refractivity contribution in [2.45, 2.75) is 12.6 Å². The van der Waals surface area contributed by atoms with Gasteiger partial charge in [-0.15, -0.1) is 0 Å². The smallest absolute Gasteiger partial charge is 0.248 e. The highest BCUT2D eigenvalue weighted by Crippen LogP contribution is 2.39. The molecule has 19 heavy (non-hydrogen) atoms. The van der Waals surface area contributed by atoms with E-state index in [0.29, 0.717) is 6.54 Å². The van der Waals surface area contributed by atoms with Gasteiger partial charge in [-0.3, -0.25) is 9.78 Å². The van der Waals surface area contributed by atoms with E-state index >= 15 is 0 Å². The average Bonchev–Trinajstić information content (AvgIpc) is 2.66. The Bertz CT molecular complexity index is 630. The fourth-order valence-electron chi connectivity index (χ4n) is 2.30. The number of hydrogen-bond acceptors (Lipinski definition) is 3. The van der Waals surface area contributed by atoms with Crippen LogP contribution >= 0.6 is 15.9 Å². The van der Waals surface area contributed by atoms with E-state index < -0.39 is 6.04 Å². The van der Waals surface area contributed by atoms with Crippen molar-refractivity contribution in [3.05, 3.63) is 58.3 Å². The first-order valence-corrected chi connectivity index (χ1v) is 6.73. The van der Waals surface area contributed by atoms with Crippen LogP contribution in [0.4, 0.5) is 5.69 Å². The maximum Gasteiger partial charge on any atom is 0.248 e. The molecule has 1 unspecified atom stereocenters. The number of amides is 1. The van der Waals surface area contributed by atoms with Gasteiger partial charge in [-0.25, -0.2) is 0 Å². The van der Waals surface area contributed by atoms with Gasteiger partial charge in [0.05, 0.1) is 17.9 Å². The second kappa shape index (κ2) is 4.75. The molecule has 0 saturated carbocycles. The molecule has 1 aliphatic heterocycles. The lowest BCUT2D eigenvalue weighted by molar-refractivity contribution is -0.119. The average molecular weight is 318 g/mol. The number of nitrogens with zero attached hydrogens (tertiary/aromatic N) is 2. The van der Waals surface area contributed by atoms with Crippen LogP contribution in [0.25, 0.3) is 0 Å². The zero-order valence-corrected chi connectivity index (χ0v) is 11.7. The second-order valence-corrected chi connectivity index (χ2v) is 5.25. The molecular weight excluding hydrogens is 306 g/mol. The number of fused-ring (bicyclic) bond motifs is 1. The summed E-state index contributed by atoms with van der Waals surface area (Å²) in [4.78, 5) is 18.2. The van der Waals surface area contributed by atoms with Crippen LogP contribution in [0.5, 0.6) is 0 Å². The zero-order valence-electron chi connectivity index (χ0n) is 10.1. The van der Waals surface area contributed by atoms with Crippen LogP contribution in [0.3, 0.4) is 0 Å². The molecule has 2 N–H and O–H groups in total. The van der Waals surface area contributed by atoms with E-state index in [1.54, 1.807) is 11.1 Å². The molecule has 2 aromatic rings. The highest BCUT2D eigenvalue weighted by atomic mass is 79.9. The Hall–Kier alpha value is -1.72. The summed E-state index contributed by atoms with van der Waals surface area (Å²) in [5.41, 5.74) is 8.55. The molecule has 0 saturated heterocycles. The Morgan fingerprint density at radius 2 is 2.11 bits per heavy atom. The Morgan fingerprint density at radius 1 is 1.26 bits per heavy atom. The maximum atomic E-state index is 12.3. The number of carbonyl (C=O) groups is 1. The number of hydrogen-bond donors (Lipinski definition) is 1. The van der Waals surface area contributed by atoms with Gasteiger partial charge in [0.15, 0.2) is 0 Å². The van der Waals surface area contributed by atoms with Crippen LogP contribution in [0.1, 0.15) is 17.3 Å². The molecule has 96 valence electrons. The number of anilines is 1. The van der Waals surface area contributed by atoms with Gasteiger partial charge in [0.1, 0.15) is 6.04 Å². The summed E-state index contributed by atoms with van der Waals surface area (Å²) in [6.45, 7) is 0.441. The van der Waals surface area contributed by atoms with Gasteiger partial charge in [-0.05, 0) is 24.3 Å². The second-order valence-electron chi connectivity index (χ2n) is 4.40. The number of aromatic nitrogens is 1. The fraction of sp³-hybridized carbons (Fsp3) is 0.143. The summed E-state index contributed by atoms with van der Waals surface area (Å²) in [6, 6.07) is 10.8. The minimum Gasteiger partial charge on any atom is -0.316 e. The van der Waals surface area contributed by atoms with Gasteiger partial charge < -0.3 is 10.6 Å². The van der Waals surface area contributed by atoms with E-state index in [1.807, 2.05) is 36.4 Å². The number of rotatable bonds is 2. The van der Waals surface area contributed by atoms with Crippen LogP contribution < -0.4 is 10.6 Å². The molecule has 1 aliphatic rings. The normalized spacial score (nSPS) is 17.7. The van der Waals surface area contributed by atoms with E-state index in [9.17, 15) is 4.79 Å². The summed E-state index contributed by atoms with van der Waals surface area (Å²) >= 11 is 3.45. The molecule has 0 spiro atoms. The van der Waals surface area contributed by atoms with Gasteiger partial charge in [0.2, 0.25) is 5.91 Å². The predicted molar refractivity (Wildman–Crippen MR) is 76.5 cm³/mol. The van der Waals surface area contributed by atoms with E-state index in [2.05, 4.69) is 20.9 Å². The third-order valence-electron chi connectivity index (χ3n) is 3.21. The summed E-state index contributed by atoms with van der Waals surface area (Å²) in [5, 5.41) is 0. The monoisotopic (exact) mass is 317 g/mol. The van der Waals surface area contributed by atoms with E-state index in [-0.39, 0.29) is 5.91 Å². The standard InChI is InChI=1S/C14H12BrN3O/c15-10-5-3-6-11-12(10)13(16)14(19)18(11)8-9-4-1-2-7-17-9/h1-7,13H,8,16H2. The molecule has 0 fully saturated rings. The van der Waals surface area contributed by atoms with Gasteiger partial charge >= 0.3 is 0 Å². The Kier molecular flexibility index (Phi) is 3.08. The number of pyridine rings is 1. The topological polar surface area (TPSA) is 59.2 Å². The van der Waals surface area contributed by atoms with Gasteiger partial charge in [0.25, 0.3) is 0 Å². The number of carbonyl (C=O) groups excluding carboxylic acids is 1. The molecule has 5 heteroatoms. The quantitative estimate of drug-likeness (QED) is 0.925. The van der Waals surface area contributed by atoms with Crippen molar-refractivity contribution in [2.75, 3.05) is 4.90 Å². The van der Waals surface area contributed by atoms with E-state index in [0.717, 1.165) is 21.4 Å². The van der Waals surface area contributed by atoms with Crippen LogP contribution in [0.15, 0.2) is 47.1 Å². The highest BCUT2D eigenvalue weighted by molar-refractivity contribution is 9.10. The lowest BCUT2D eigenvalue weighted by Gasteiger charge is -2.17. The molecule has 0 aliphatic carbocycles. The van der Waals surface area contributed by atoms with Gasteiger partial charge in [-0.1, -0.05) is 28.1 Å². The van der Waals surface area contributed by atoms with Crippen LogP contribution in [-0.4, -0.2) is 10.9 Å². The Labute approximate surface area is 119 Å². The number of halogens is 1. The van der Waals surface area contributed by atoms with Crippen molar-refractivity contribution < 1.29 is 4.79 Å². The van der Waals surface area contributed by atoms with Gasteiger partial charge in [0, 0.05) is 16.2 Å². The van der Waals surface area contributed by atoms with Gasteiger partial charge in [-0.2, -0.15) is 0 Å². The fourth-order valence-corrected chi connectivity index (χ4v) is 2.90. The predicted octanol–water partition coefficient (Wildman–Crippen LogP) is 2.39. The molecule has 1 aromatic carbocycles. The first-order chi connectivity index (χ1) is 9.18. The first kappa shape index (κ1) is 12.3. The Morgan fingerprint density at radius 3 is 2.84 bits per heavy atom. The highest BCUT2D eigenvalue weighted by Gasteiger charge is 2.36. The molecule has 1 amide bonds. The van der Waals surface area contributed by atoms with Crippen molar-refractivity contribution in [3.8, 4) is 0 Å². The Balaban J connectivity index is 2.00. The first-order valence-electron chi connectivity index (χ1n) is 5.94. The summed E-state index contributed by atoms with van der Waals surface area (Å²) in [7, 11) is 0. The van der Waals surface area contributed by atoms with Crippen molar-refractivity contribution in [3.63, 3.8) is 0 Å². The lowest BCUT2D eigenvalue weighted by Crippen LogP contribution is -2.31. The third-order valence-corrected chi connectivity index (χ3v) is 3.90. The van der Waals surface area contributed by atoms with Crippen LogP contribution in [-0.2, 0) is 11.3 Å². The molecule has 1 aromatic heterocycles. The lowest BCUT2D eigenvalue weighted by atomic mass is 10.1. The molecule has 3 rings (SSSR count). The largest absolute Gasteiger partial charge is 0.316 e. The molecule has 0 bridgehead atoms. The van der Waals surface area contributed by atoms with Crippen molar-refractivity contribution in [2.24, 2.45) is 5.73 Å². The number of nitrogens with two attached hydrogens (primary N) is 1. The van der Waals surface area contributed by atoms with Crippen LogP contribution in [0, 0.1) is 0 Å². The molecule has 0 radical (unpaired) electrons. The summed E-state index contributed by atoms with van der Waals surface area (Å²) in [5.74, 6) is -0.0902. The third kappa shape index (κ3) is 2.05. The van der Waals surface area contributed by atoms with Crippen molar-refractivity contribution >= 4 is 27.5 Å². The van der Waals surface area contributed by atoms with Crippen LogP contribution in [0.2, 0.25) is 0 Å². The summed E-state index contributed by atoms with van der Waals surface area (Å²) in [6.07, 6.45) is 1.72. The molecular formula is C14H12BrN3O. The minimum atomic E-state index is -0.603. The molecule has 2 heterocycles. The SMILES string of the molecule is NC1C(=O)N(Cc2ccccn2)c2cccc(Br)c21. The maximum absolute atomic E-state index is 12.3. The van der Waals surface area contributed by atoms with Crippen molar-refractivity contribution in [1.82, 2.24) is 4.98 Å². The molecule has 1 atom stereocenters.